The first-order valence-corrected chi connectivity index (χ1v) is 9.55. The molecule has 4 nitrogen and oxygen atoms in total. The molecular weight excluding hydrogens is 357 g/mol. The summed E-state index contributed by atoms with van der Waals surface area (Å²) in [6.45, 7) is 2.09. The van der Waals surface area contributed by atoms with Gasteiger partial charge in [-0.15, -0.1) is 0 Å². The van der Waals surface area contributed by atoms with Crippen molar-refractivity contribution in [2.24, 2.45) is 5.92 Å². The molecule has 1 saturated carbocycles. The van der Waals surface area contributed by atoms with Gasteiger partial charge in [-0.2, -0.15) is 0 Å². The summed E-state index contributed by atoms with van der Waals surface area (Å²) in [6, 6.07) is 2.45. The Labute approximate surface area is 138 Å². The zero-order chi connectivity index (χ0) is 15.8. The minimum Gasteiger partial charge on any atom is -0.349 e. The van der Waals surface area contributed by atoms with Crippen LogP contribution in [0.2, 0.25) is 10.0 Å². The average molecular weight is 371 g/mol. The average Bonchev–Trinajstić information content (AvgIpc) is 3.05. The summed E-state index contributed by atoms with van der Waals surface area (Å²) in [4.78, 5) is 11.9. The number of rotatable bonds is 5. The highest BCUT2D eigenvalue weighted by atomic mass is 35.7. The van der Waals surface area contributed by atoms with E-state index in [2.05, 4.69) is 12.2 Å². The fourth-order valence-corrected chi connectivity index (χ4v) is 4.08. The molecule has 1 N–H and O–H groups in total. The van der Waals surface area contributed by atoms with Crippen molar-refractivity contribution in [3.63, 3.8) is 0 Å². The molecule has 1 aromatic rings. The number of amides is 1. The molecule has 0 radical (unpaired) electrons. The first-order chi connectivity index (χ1) is 9.74. The molecule has 1 aromatic carbocycles. The van der Waals surface area contributed by atoms with Gasteiger partial charge in [0.15, 0.2) is 0 Å². The van der Waals surface area contributed by atoms with Crippen molar-refractivity contribution in [3.8, 4) is 0 Å². The first-order valence-electron chi connectivity index (χ1n) is 6.48. The predicted octanol–water partition coefficient (Wildman–Crippen LogP) is 3.84. The lowest BCUT2D eigenvalue weighted by molar-refractivity contribution is 0.0949. The second-order valence-corrected chi connectivity index (χ2v) is 8.41. The maximum atomic E-state index is 12.2. The molecule has 0 spiro atoms. The van der Waals surface area contributed by atoms with Crippen molar-refractivity contribution in [2.45, 2.75) is 37.1 Å². The Kier molecular flexibility index (Phi) is 5.08. The Hall–Kier alpha value is -0.490. The lowest BCUT2D eigenvalue weighted by Crippen LogP contribution is -2.27. The van der Waals surface area contributed by atoms with E-state index in [4.69, 9.17) is 33.9 Å². The quantitative estimate of drug-likeness (QED) is 0.801. The van der Waals surface area contributed by atoms with Crippen LogP contribution in [-0.2, 0) is 9.05 Å². The van der Waals surface area contributed by atoms with Crippen LogP contribution in [0.15, 0.2) is 17.0 Å². The van der Waals surface area contributed by atoms with Gasteiger partial charge in [0.05, 0.1) is 15.6 Å². The van der Waals surface area contributed by atoms with Gasteiger partial charge in [0, 0.05) is 16.7 Å². The largest absolute Gasteiger partial charge is 0.349 e. The summed E-state index contributed by atoms with van der Waals surface area (Å²) >= 11 is 11.8. The number of carbonyl (C=O) groups is 1. The van der Waals surface area contributed by atoms with Crippen LogP contribution in [0.1, 0.15) is 36.5 Å². The molecule has 0 bridgehead atoms. The Morgan fingerprint density at radius 3 is 2.57 bits per heavy atom. The third-order valence-corrected chi connectivity index (χ3v) is 5.53. The lowest BCUT2D eigenvalue weighted by Gasteiger charge is -2.09. The van der Waals surface area contributed by atoms with E-state index in [1.807, 2.05) is 0 Å². The highest BCUT2D eigenvalue weighted by molar-refractivity contribution is 8.13. The number of carbonyl (C=O) groups excluding carboxylic acids is 1. The van der Waals surface area contributed by atoms with Crippen LogP contribution in [0.25, 0.3) is 0 Å². The third-order valence-electron chi connectivity index (χ3n) is 3.43. The number of nitrogens with one attached hydrogen (secondary N) is 1. The maximum Gasteiger partial charge on any atom is 0.262 e. The highest BCUT2D eigenvalue weighted by Crippen LogP contribution is 2.36. The number of benzene rings is 1. The zero-order valence-electron chi connectivity index (χ0n) is 11.2. The van der Waals surface area contributed by atoms with E-state index >= 15 is 0 Å². The molecule has 2 atom stereocenters. The number of hydrogen-bond acceptors (Lipinski definition) is 3. The molecule has 1 aliphatic carbocycles. The monoisotopic (exact) mass is 369 g/mol. The fourth-order valence-electron chi connectivity index (χ4n) is 2.25. The van der Waals surface area contributed by atoms with Crippen molar-refractivity contribution >= 4 is 48.8 Å². The van der Waals surface area contributed by atoms with Crippen molar-refractivity contribution in [2.75, 3.05) is 0 Å². The predicted molar refractivity (Wildman–Crippen MR) is 83.8 cm³/mol. The summed E-state index contributed by atoms with van der Waals surface area (Å²) in [5, 5.41) is 2.82. The molecule has 1 amide bonds. The van der Waals surface area contributed by atoms with Gasteiger partial charge in [-0.25, -0.2) is 8.42 Å². The SMILES string of the molecule is CCCC1CC1NC(=O)c1cc(S(=O)(=O)Cl)c(Cl)cc1Cl. The van der Waals surface area contributed by atoms with Gasteiger partial charge in [0.2, 0.25) is 0 Å². The van der Waals surface area contributed by atoms with E-state index in [1.165, 1.54) is 6.07 Å². The summed E-state index contributed by atoms with van der Waals surface area (Å²) in [7, 11) is 1.25. The molecule has 0 aromatic heterocycles. The Morgan fingerprint density at radius 1 is 1.33 bits per heavy atom. The Morgan fingerprint density at radius 2 is 2.00 bits per heavy atom. The van der Waals surface area contributed by atoms with Crippen molar-refractivity contribution in [1.82, 2.24) is 5.32 Å². The van der Waals surface area contributed by atoms with Crippen LogP contribution in [0.4, 0.5) is 0 Å². The second kappa shape index (κ2) is 6.32. The zero-order valence-corrected chi connectivity index (χ0v) is 14.3. The van der Waals surface area contributed by atoms with E-state index in [9.17, 15) is 13.2 Å². The summed E-state index contributed by atoms with van der Waals surface area (Å²) in [5.74, 6) is 0.0723. The van der Waals surface area contributed by atoms with Gasteiger partial charge in [-0.1, -0.05) is 36.5 Å². The normalized spacial score (nSPS) is 21.1. The van der Waals surface area contributed by atoms with Gasteiger partial charge in [-0.05, 0) is 30.9 Å². The molecule has 2 unspecified atom stereocenters. The van der Waals surface area contributed by atoms with Gasteiger partial charge in [0.25, 0.3) is 15.0 Å². The van der Waals surface area contributed by atoms with Crippen LogP contribution < -0.4 is 5.32 Å². The van der Waals surface area contributed by atoms with Crippen molar-refractivity contribution in [1.29, 1.82) is 0 Å². The van der Waals surface area contributed by atoms with E-state index < -0.39 is 15.0 Å². The summed E-state index contributed by atoms with van der Waals surface area (Å²) in [6.07, 6.45) is 3.05. The molecule has 21 heavy (non-hydrogen) atoms. The molecule has 0 aliphatic heterocycles. The standard InChI is InChI=1S/C13H14Cl3NO3S/c1-2-3-7-4-11(7)17-13(18)8-5-12(21(16,19)20)10(15)6-9(8)14/h5-7,11H,2-4H2,1H3,(H,17,18). The Bertz CT molecular complexity index is 675. The third kappa shape index (κ3) is 4.03. The topological polar surface area (TPSA) is 63.2 Å². The second-order valence-electron chi connectivity index (χ2n) is 5.06. The number of halogens is 3. The molecule has 8 heteroatoms. The lowest BCUT2D eigenvalue weighted by atomic mass is 10.2. The minimum absolute atomic E-state index is 0.0578. The smallest absolute Gasteiger partial charge is 0.262 e. The summed E-state index contributed by atoms with van der Waals surface area (Å²) < 4.78 is 22.8. The fraction of sp³-hybridized carbons (Fsp3) is 0.462. The van der Waals surface area contributed by atoms with E-state index in [1.54, 1.807) is 0 Å². The van der Waals surface area contributed by atoms with Gasteiger partial charge >= 0.3 is 0 Å². The molecular formula is C13H14Cl3NO3S. The van der Waals surface area contributed by atoms with Crippen molar-refractivity contribution in [3.05, 3.63) is 27.7 Å². The number of hydrogen-bond donors (Lipinski definition) is 1. The molecule has 116 valence electrons. The molecule has 1 fully saturated rings. The molecule has 2 rings (SSSR count). The molecule has 0 saturated heterocycles. The van der Waals surface area contributed by atoms with Gasteiger partial charge in [-0.3, -0.25) is 4.79 Å². The molecule has 0 heterocycles. The highest BCUT2D eigenvalue weighted by Gasteiger charge is 2.37. The van der Waals surface area contributed by atoms with Crippen molar-refractivity contribution < 1.29 is 13.2 Å². The van der Waals surface area contributed by atoms with Gasteiger partial charge < -0.3 is 5.32 Å². The van der Waals surface area contributed by atoms with Crippen LogP contribution in [0, 0.1) is 5.92 Å². The van der Waals surface area contributed by atoms with Gasteiger partial charge in [0.1, 0.15) is 4.90 Å². The Balaban J connectivity index is 2.22. The van der Waals surface area contributed by atoms with E-state index in [-0.39, 0.29) is 26.5 Å². The van der Waals surface area contributed by atoms with Crippen LogP contribution >= 0.6 is 33.9 Å². The molecule has 1 aliphatic rings. The first kappa shape index (κ1) is 16.9. The maximum absolute atomic E-state index is 12.2. The minimum atomic E-state index is -4.04. The van der Waals surface area contributed by atoms with E-state index in [0.29, 0.717) is 5.92 Å². The van der Waals surface area contributed by atoms with E-state index in [0.717, 1.165) is 25.3 Å². The van der Waals surface area contributed by atoms with Crippen LogP contribution in [0.5, 0.6) is 0 Å². The van der Waals surface area contributed by atoms with Crippen LogP contribution in [-0.4, -0.2) is 20.4 Å². The summed E-state index contributed by atoms with van der Waals surface area (Å²) in [5.41, 5.74) is 0.0578. The van der Waals surface area contributed by atoms with Crippen LogP contribution in [0.3, 0.4) is 0 Å².